The number of carboxylic acid groups (broad SMARTS) is 1. The molecule has 0 aliphatic carbocycles. The summed E-state index contributed by atoms with van der Waals surface area (Å²) in [6.45, 7) is 0. The lowest BCUT2D eigenvalue weighted by molar-refractivity contribution is -0.150. The van der Waals surface area contributed by atoms with Crippen molar-refractivity contribution < 1.29 is 19.5 Å². The van der Waals surface area contributed by atoms with Gasteiger partial charge < -0.3 is 10.4 Å². The highest BCUT2D eigenvalue weighted by Gasteiger charge is 2.53. The predicted octanol–water partition coefficient (Wildman–Crippen LogP) is 2.64. The number of rotatable bonds is 7. The molecule has 182 valence electrons. The highest BCUT2D eigenvalue weighted by molar-refractivity contribution is 8.04. The number of β-lactam (4-membered cyclic amide) rings is 1. The molecule has 0 radical (unpaired) electrons. The van der Waals surface area contributed by atoms with Crippen molar-refractivity contribution in [2.45, 2.75) is 22.0 Å². The Morgan fingerprint density at radius 1 is 1.19 bits per heavy atom. The van der Waals surface area contributed by atoms with E-state index in [2.05, 4.69) is 15.3 Å². The Labute approximate surface area is 217 Å². The molecule has 1 fully saturated rings. The molecule has 12 heteroatoms. The van der Waals surface area contributed by atoms with Gasteiger partial charge in [-0.15, -0.1) is 23.1 Å². The normalized spacial score (nSPS) is 19.3. The Morgan fingerprint density at radius 3 is 2.75 bits per heavy atom. The summed E-state index contributed by atoms with van der Waals surface area (Å²) >= 11 is 3.97. The molecule has 2 amide bonds. The number of fused-ring (bicyclic) bond motifs is 2. The van der Waals surface area contributed by atoms with E-state index >= 15 is 0 Å². The fourth-order valence-electron chi connectivity index (χ4n) is 3.89. The number of benzene rings is 1. The number of aliphatic carboxylic acids is 1. The first-order valence-electron chi connectivity index (χ1n) is 10.7. The molecule has 2 aliphatic rings. The van der Waals surface area contributed by atoms with E-state index in [1.54, 1.807) is 11.5 Å². The van der Waals surface area contributed by atoms with E-state index in [9.17, 15) is 24.3 Å². The van der Waals surface area contributed by atoms with Crippen LogP contribution in [0.1, 0.15) is 5.56 Å². The minimum atomic E-state index is -1.21. The first-order chi connectivity index (χ1) is 17.4. The molecule has 0 saturated carbocycles. The summed E-state index contributed by atoms with van der Waals surface area (Å²) in [5.74, 6) is -1.59. The van der Waals surface area contributed by atoms with Crippen LogP contribution in [-0.2, 0) is 20.8 Å². The molecular formula is C24H18N4O5S3. The van der Waals surface area contributed by atoms with E-state index in [4.69, 9.17) is 0 Å². The number of carbonyl (C=O) groups excluding carboxylic acids is 2. The van der Waals surface area contributed by atoms with Crippen molar-refractivity contribution in [1.82, 2.24) is 20.2 Å². The third kappa shape index (κ3) is 4.79. The number of nitrogens with one attached hydrogen (secondary N) is 1. The van der Waals surface area contributed by atoms with E-state index in [0.717, 1.165) is 5.56 Å². The lowest BCUT2D eigenvalue weighted by atomic mass is 10.0. The van der Waals surface area contributed by atoms with Crippen molar-refractivity contribution in [3.8, 4) is 0 Å². The van der Waals surface area contributed by atoms with E-state index in [0.29, 0.717) is 25.9 Å². The number of amides is 2. The maximum absolute atomic E-state index is 12.8. The Morgan fingerprint density at radius 2 is 1.97 bits per heavy atom. The minimum Gasteiger partial charge on any atom is -0.477 e. The molecule has 3 aromatic rings. The maximum Gasteiger partial charge on any atom is 0.352 e. The smallest absolute Gasteiger partial charge is 0.352 e. The van der Waals surface area contributed by atoms with E-state index in [-0.39, 0.29) is 23.5 Å². The van der Waals surface area contributed by atoms with Crippen LogP contribution in [0.5, 0.6) is 0 Å². The number of aromatic nitrogens is 2. The van der Waals surface area contributed by atoms with Gasteiger partial charge in [-0.1, -0.05) is 42.1 Å². The highest BCUT2D eigenvalue weighted by Crippen LogP contribution is 2.41. The van der Waals surface area contributed by atoms with Gasteiger partial charge in [0, 0.05) is 24.2 Å². The van der Waals surface area contributed by atoms with Crippen LogP contribution in [0.2, 0.25) is 0 Å². The second-order valence-electron chi connectivity index (χ2n) is 7.86. The fourth-order valence-corrected chi connectivity index (χ4v) is 7.06. The molecule has 4 heterocycles. The Balaban J connectivity index is 1.29. The Hall–Kier alpha value is -3.48. The topological polar surface area (TPSA) is 130 Å². The zero-order valence-electron chi connectivity index (χ0n) is 18.5. The zero-order chi connectivity index (χ0) is 25.2. The molecule has 1 aromatic carbocycles. The van der Waals surface area contributed by atoms with Crippen LogP contribution in [-0.4, -0.2) is 54.9 Å². The molecule has 0 bridgehead atoms. The molecule has 9 nitrogen and oxygen atoms in total. The molecule has 36 heavy (non-hydrogen) atoms. The van der Waals surface area contributed by atoms with Gasteiger partial charge in [0.2, 0.25) is 11.3 Å². The van der Waals surface area contributed by atoms with Crippen LogP contribution in [0.3, 0.4) is 0 Å². The number of carbonyl (C=O) groups is 3. The third-order valence-corrected chi connectivity index (χ3v) is 8.80. The second kappa shape index (κ2) is 10.2. The number of hydrogen-bond donors (Lipinski definition) is 2. The molecule has 2 atom stereocenters. The molecule has 5 rings (SSSR count). The van der Waals surface area contributed by atoms with Crippen molar-refractivity contribution in [1.29, 1.82) is 0 Å². The lowest BCUT2D eigenvalue weighted by Crippen LogP contribution is -2.70. The molecular weight excluding hydrogens is 520 g/mol. The summed E-state index contributed by atoms with van der Waals surface area (Å²) in [6.07, 6.45) is 4.77. The van der Waals surface area contributed by atoms with Gasteiger partial charge in [0.15, 0.2) is 0 Å². The first kappa shape index (κ1) is 24.2. The standard InChI is InChI=1S/C24H18N4O5S3/c29-15-11-17(36-21-18(15)25-7-8-26-21)34-9-6-14-12-35-23-19(22(31)28(23)20(14)24(32)33)27-16(30)10-13-4-2-1-3-5-13/h1-9,11,19,23H,10,12H2,(H,27,30)(H,32,33)/t19?,23-/m1/s1. The van der Waals surface area contributed by atoms with Crippen molar-refractivity contribution in [2.75, 3.05) is 5.75 Å². The zero-order valence-corrected chi connectivity index (χ0v) is 20.9. The predicted molar refractivity (Wildman–Crippen MR) is 139 cm³/mol. The van der Waals surface area contributed by atoms with E-state index < -0.39 is 23.3 Å². The van der Waals surface area contributed by atoms with Crippen LogP contribution in [0.25, 0.3) is 10.3 Å². The van der Waals surface area contributed by atoms with Crippen molar-refractivity contribution >= 4 is 63.0 Å². The largest absolute Gasteiger partial charge is 0.477 e. The van der Waals surface area contributed by atoms with Gasteiger partial charge in [-0.3, -0.25) is 19.3 Å². The lowest BCUT2D eigenvalue weighted by Gasteiger charge is -2.49. The van der Waals surface area contributed by atoms with E-state index in [1.807, 2.05) is 30.3 Å². The van der Waals surface area contributed by atoms with Gasteiger partial charge in [-0.2, -0.15) is 0 Å². The number of nitrogens with zero attached hydrogens (tertiary/aromatic N) is 3. The summed E-state index contributed by atoms with van der Waals surface area (Å²) in [4.78, 5) is 59.5. The minimum absolute atomic E-state index is 0.0910. The number of thioether (sulfide) groups is 2. The summed E-state index contributed by atoms with van der Waals surface area (Å²) in [7, 11) is 0. The molecule has 0 spiro atoms. The molecule has 2 aromatic heterocycles. The molecule has 1 unspecified atom stereocenters. The van der Waals surface area contributed by atoms with E-state index in [1.165, 1.54) is 58.2 Å². The quantitative estimate of drug-likeness (QED) is 0.344. The van der Waals surface area contributed by atoms with Crippen LogP contribution in [0.15, 0.2) is 80.5 Å². The van der Waals surface area contributed by atoms with Gasteiger partial charge in [0.25, 0.3) is 5.91 Å². The van der Waals surface area contributed by atoms with Gasteiger partial charge in [0.1, 0.15) is 27.5 Å². The van der Waals surface area contributed by atoms with Gasteiger partial charge in [-0.05, 0) is 22.6 Å². The number of allylic oxidation sites excluding steroid dienone is 1. The van der Waals surface area contributed by atoms with Gasteiger partial charge in [0.05, 0.1) is 10.6 Å². The fraction of sp³-hybridized carbons (Fsp3) is 0.167. The number of hydrogen-bond acceptors (Lipinski definition) is 9. The number of carboxylic acids is 1. The molecule has 1 saturated heterocycles. The van der Waals surface area contributed by atoms with Gasteiger partial charge >= 0.3 is 5.97 Å². The first-order valence-corrected chi connectivity index (χ1v) is 13.5. The van der Waals surface area contributed by atoms with Crippen molar-refractivity contribution in [3.63, 3.8) is 0 Å². The van der Waals surface area contributed by atoms with Crippen LogP contribution < -0.4 is 10.7 Å². The summed E-state index contributed by atoms with van der Waals surface area (Å²) < 4.78 is 0.685. The summed E-state index contributed by atoms with van der Waals surface area (Å²) in [6, 6.07) is 9.89. The van der Waals surface area contributed by atoms with Gasteiger partial charge in [-0.25, -0.2) is 14.8 Å². The SMILES string of the molecule is O=C(Cc1ccccc1)NC1C(=O)N2C(C(=O)O)=C(C=CSc3cc(=O)c4nccnc4s3)CS[C@H]12. The Bertz CT molecular complexity index is 1490. The summed E-state index contributed by atoms with van der Waals surface area (Å²) in [5, 5.41) is 13.8. The van der Waals surface area contributed by atoms with Crippen molar-refractivity contribution in [3.05, 3.63) is 87.3 Å². The average molecular weight is 539 g/mol. The Kier molecular flexibility index (Phi) is 6.90. The van der Waals surface area contributed by atoms with Crippen molar-refractivity contribution in [2.24, 2.45) is 0 Å². The van der Waals surface area contributed by atoms with Crippen LogP contribution >= 0.6 is 34.9 Å². The third-order valence-electron chi connectivity index (χ3n) is 5.52. The highest BCUT2D eigenvalue weighted by atomic mass is 32.2. The monoisotopic (exact) mass is 538 g/mol. The maximum atomic E-state index is 12.8. The second-order valence-corrected chi connectivity index (χ2v) is 11.2. The summed E-state index contributed by atoms with van der Waals surface area (Å²) in [5.41, 5.74) is 1.29. The van der Waals surface area contributed by atoms with Crippen LogP contribution in [0, 0.1) is 0 Å². The van der Waals surface area contributed by atoms with Crippen LogP contribution in [0.4, 0.5) is 0 Å². The molecule has 2 aliphatic heterocycles. The average Bonchev–Trinajstić information content (AvgIpc) is 2.87. The molecule has 2 N–H and O–H groups in total.